The molecule has 0 amide bonds. The van der Waals surface area contributed by atoms with E-state index in [4.69, 9.17) is 33.5 Å². The van der Waals surface area contributed by atoms with Crippen molar-refractivity contribution in [3.05, 3.63) is 166 Å². The quantitative estimate of drug-likeness (QED) is 0.0330. The van der Waals surface area contributed by atoms with Crippen molar-refractivity contribution >= 4 is 55.3 Å². The lowest BCUT2D eigenvalue weighted by Crippen LogP contribution is -2.09. The molecule has 10 aromatic rings. The van der Waals surface area contributed by atoms with Gasteiger partial charge < -0.3 is 48.6 Å². The van der Waals surface area contributed by atoms with E-state index in [0.717, 1.165) is 111 Å². The Hall–Kier alpha value is -8.28. The highest BCUT2D eigenvalue weighted by atomic mass is 16.5. The Morgan fingerprint density at radius 2 is 0.988 bits per heavy atom. The molecule has 0 spiro atoms. The molecule has 83 heavy (non-hydrogen) atoms. The summed E-state index contributed by atoms with van der Waals surface area (Å²) < 4.78 is 38.4. The monoisotopic (exact) mass is 1130 g/mol. The molecule has 0 fully saturated rings. The molecular weight excluding hydrogens is 1050 g/mol. The Balaban J connectivity index is 0.000000238. The number of ether oxygens (including phenoxy) is 6. The molecule has 0 atom stereocenters. The first-order valence-electron chi connectivity index (χ1n) is 28.7. The zero-order chi connectivity index (χ0) is 58.7. The normalized spacial score (nSPS) is 11.5. The van der Waals surface area contributed by atoms with Gasteiger partial charge in [0, 0.05) is 67.4 Å². The van der Waals surface area contributed by atoms with E-state index in [1.807, 2.05) is 109 Å². The minimum absolute atomic E-state index is 0. The number of aromatic amines is 2. The molecule has 0 aliphatic rings. The van der Waals surface area contributed by atoms with Gasteiger partial charge in [0.25, 0.3) is 0 Å². The number of aryl methyl sites for hydroxylation is 6. The van der Waals surface area contributed by atoms with Crippen LogP contribution in [0.1, 0.15) is 116 Å². The highest BCUT2D eigenvalue weighted by Crippen LogP contribution is 2.41. The van der Waals surface area contributed by atoms with Crippen LogP contribution in [0.2, 0.25) is 0 Å². The summed E-state index contributed by atoms with van der Waals surface area (Å²) >= 11 is 0. The van der Waals surface area contributed by atoms with Gasteiger partial charge in [-0.25, -0.2) is 9.59 Å². The van der Waals surface area contributed by atoms with Gasteiger partial charge in [0.05, 0.1) is 92.8 Å². The van der Waals surface area contributed by atoms with Crippen LogP contribution in [-0.2, 0) is 72.3 Å². The standard InChI is InChI=1S/C34H39N3O5.C33H37N3O5.2H2/c1-6-40-34(39)33-25(14-10-18-41-29-15-9-12-23-11-7-8-13-24(23)29)26-17-16-22(4)30(32(26)35-33)31-27(20-42-21(2)3)36-37(5)28(31)19-38;1-5-39-20-26-30(27(19-37)36(4)35-26)29-21(3)16-17-25-24(32(34-31(25)29)33(38)40-6-2)14-10-18-41-28-15-9-12-22-11-7-8-13-23(22)28;;/h7-9,11-13,15-17,21,35,38H,6,10,14,18-20H2,1-5H3;7-9,11-13,15-17,34,37H,5-6,10,14,18-20H2,1-4H3;2*1H. The number of hydrogen-bond donors (Lipinski definition) is 4. The minimum Gasteiger partial charge on any atom is -0.493 e. The van der Waals surface area contributed by atoms with Gasteiger partial charge in [-0.1, -0.05) is 97.1 Å². The van der Waals surface area contributed by atoms with Gasteiger partial charge in [0.2, 0.25) is 0 Å². The summed E-state index contributed by atoms with van der Waals surface area (Å²) in [5.74, 6) is 0.917. The van der Waals surface area contributed by atoms with E-state index < -0.39 is 0 Å². The number of aliphatic hydroxyl groups excluding tert-OH is 2. The maximum Gasteiger partial charge on any atom is 0.355 e. The fraction of sp³-hybridized carbons (Fsp3) is 0.343. The van der Waals surface area contributed by atoms with E-state index in [9.17, 15) is 19.8 Å². The zero-order valence-corrected chi connectivity index (χ0v) is 49.1. The second-order valence-electron chi connectivity index (χ2n) is 20.7. The molecule has 0 unspecified atom stereocenters. The lowest BCUT2D eigenvalue weighted by atomic mass is 9.94. The highest BCUT2D eigenvalue weighted by molar-refractivity contribution is 6.06. The van der Waals surface area contributed by atoms with Gasteiger partial charge in [0.1, 0.15) is 22.9 Å². The maximum absolute atomic E-state index is 13.2. The highest BCUT2D eigenvalue weighted by Gasteiger charge is 2.28. The number of nitrogens with zero attached hydrogens (tertiary/aromatic N) is 4. The van der Waals surface area contributed by atoms with E-state index in [0.29, 0.717) is 81.5 Å². The van der Waals surface area contributed by atoms with Crippen LogP contribution in [0.4, 0.5) is 0 Å². The maximum atomic E-state index is 13.2. The number of aliphatic hydroxyl groups is 2. The van der Waals surface area contributed by atoms with Crippen LogP contribution in [-0.4, -0.2) is 90.8 Å². The molecular formula is C67H80N6O10. The van der Waals surface area contributed by atoms with Crippen LogP contribution in [0.15, 0.2) is 109 Å². The number of hydrogen-bond acceptors (Lipinski definition) is 12. The van der Waals surface area contributed by atoms with E-state index >= 15 is 0 Å². The second kappa shape index (κ2) is 27.2. The number of esters is 2. The molecule has 4 N–H and O–H groups in total. The van der Waals surface area contributed by atoms with Gasteiger partial charge >= 0.3 is 11.9 Å². The lowest BCUT2D eigenvalue weighted by molar-refractivity contribution is 0.0509. The number of fused-ring (bicyclic) bond motifs is 4. The fourth-order valence-corrected chi connectivity index (χ4v) is 11.1. The molecule has 4 heterocycles. The summed E-state index contributed by atoms with van der Waals surface area (Å²) in [6, 6.07) is 36.6. The first-order chi connectivity index (χ1) is 40.3. The van der Waals surface area contributed by atoms with Crippen molar-refractivity contribution in [2.45, 2.75) is 107 Å². The van der Waals surface area contributed by atoms with Crippen LogP contribution in [0.25, 0.3) is 65.6 Å². The van der Waals surface area contributed by atoms with Gasteiger partial charge in [-0.05, 0) is 119 Å². The molecule has 0 saturated heterocycles. The number of rotatable bonds is 24. The van der Waals surface area contributed by atoms with Crippen molar-refractivity contribution in [2.24, 2.45) is 14.1 Å². The average Bonchev–Trinajstić information content (AvgIpc) is 1.73. The lowest BCUT2D eigenvalue weighted by Gasteiger charge is -2.12. The van der Waals surface area contributed by atoms with Crippen LogP contribution in [0, 0.1) is 13.8 Å². The molecule has 0 bridgehead atoms. The summed E-state index contributed by atoms with van der Waals surface area (Å²) in [5.41, 5.74) is 12.6. The average molecular weight is 1130 g/mol. The number of aromatic nitrogens is 6. The molecule has 0 aliphatic carbocycles. The molecule has 16 heteroatoms. The molecule has 4 aromatic heterocycles. The molecule has 10 rings (SSSR count). The van der Waals surface area contributed by atoms with Crippen LogP contribution >= 0.6 is 0 Å². The molecule has 6 aromatic carbocycles. The van der Waals surface area contributed by atoms with E-state index in [-0.39, 0.29) is 47.3 Å². The molecule has 0 aliphatic heterocycles. The van der Waals surface area contributed by atoms with Crippen LogP contribution in [0.5, 0.6) is 11.5 Å². The third-order valence-corrected chi connectivity index (χ3v) is 15.0. The van der Waals surface area contributed by atoms with Crippen LogP contribution in [0.3, 0.4) is 0 Å². The van der Waals surface area contributed by atoms with Crippen molar-refractivity contribution in [1.29, 1.82) is 0 Å². The Morgan fingerprint density at radius 3 is 1.41 bits per heavy atom. The summed E-state index contributed by atoms with van der Waals surface area (Å²) in [6.07, 6.45) is 2.67. The number of benzene rings is 6. The molecule has 16 nitrogen and oxygen atoms in total. The van der Waals surface area contributed by atoms with Gasteiger partial charge in [-0.3, -0.25) is 9.36 Å². The minimum atomic E-state index is -0.390. The largest absolute Gasteiger partial charge is 0.493 e. The van der Waals surface area contributed by atoms with E-state index in [1.54, 1.807) is 23.2 Å². The van der Waals surface area contributed by atoms with E-state index in [2.05, 4.69) is 63.6 Å². The summed E-state index contributed by atoms with van der Waals surface area (Å²) in [6.45, 7) is 15.9. The second-order valence-corrected chi connectivity index (χ2v) is 20.7. The van der Waals surface area contributed by atoms with Gasteiger partial charge in [0.15, 0.2) is 0 Å². The van der Waals surface area contributed by atoms with Crippen molar-refractivity contribution in [2.75, 3.05) is 33.0 Å². The van der Waals surface area contributed by atoms with Crippen molar-refractivity contribution < 1.29 is 51.1 Å². The summed E-state index contributed by atoms with van der Waals surface area (Å²) in [7, 11) is 3.64. The first kappa shape index (κ1) is 59.3. The summed E-state index contributed by atoms with van der Waals surface area (Å²) in [5, 5.41) is 36.3. The third kappa shape index (κ3) is 12.7. The van der Waals surface area contributed by atoms with Crippen molar-refractivity contribution in [3.8, 4) is 33.8 Å². The van der Waals surface area contributed by atoms with Gasteiger partial charge in [-0.15, -0.1) is 0 Å². The number of H-pyrrole nitrogens is 2. The first-order valence-corrected chi connectivity index (χ1v) is 28.7. The Kier molecular flexibility index (Phi) is 19.4. The Labute approximate surface area is 487 Å². The van der Waals surface area contributed by atoms with Crippen LogP contribution < -0.4 is 9.47 Å². The number of carbonyl (C=O) groups excluding carboxylic acids is 2. The van der Waals surface area contributed by atoms with Crippen molar-refractivity contribution in [3.63, 3.8) is 0 Å². The summed E-state index contributed by atoms with van der Waals surface area (Å²) in [4.78, 5) is 33.1. The smallest absolute Gasteiger partial charge is 0.355 e. The fourth-order valence-electron chi connectivity index (χ4n) is 11.1. The SMILES string of the molecule is CCOC(=O)c1[nH]c2c(-c3c(COC(C)C)nn(C)c3CO)c(C)ccc2c1CCCOc1cccc2ccccc12.CCOCc1nn(C)c(CO)c1-c1c(C)ccc2c(CCCOc3cccc4ccccc34)c(C(=O)OCC)[nH]c12.[HH].[HH]. The Morgan fingerprint density at radius 1 is 0.554 bits per heavy atom. The van der Waals surface area contributed by atoms with Crippen molar-refractivity contribution in [1.82, 2.24) is 29.5 Å². The Bertz CT molecular complexity index is 3910. The zero-order valence-electron chi connectivity index (χ0n) is 49.1. The molecule has 438 valence electrons. The predicted molar refractivity (Wildman–Crippen MR) is 329 cm³/mol. The van der Waals surface area contributed by atoms with E-state index in [1.165, 1.54) is 0 Å². The predicted octanol–water partition coefficient (Wildman–Crippen LogP) is 13.4. The third-order valence-electron chi connectivity index (χ3n) is 15.0. The molecule has 0 saturated carbocycles. The van der Waals surface area contributed by atoms with Gasteiger partial charge in [-0.2, -0.15) is 10.2 Å². The molecule has 0 radical (unpaired) electrons. The number of nitrogens with one attached hydrogen (secondary N) is 2. The number of carbonyl (C=O) groups is 2. The topological polar surface area (TPSA) is 197 Å².